The molecule has 1 unspecified atom stereocenters. The Balaban J connectivity index is 2.43. The second kappa shape index (κ2) is 10.1. The van der Waals surface area contributed by atoms with E-state index in [2.05, 4.69) is 16.6 Å². The summed E-state index contributed by atoms with van der Waals surface area (Å²) in [6.07, 6.45) is 9.08. The van der Waals surface area contributed by atoms with E-state index in [9.17, 15) is 5.11 Å². The molecule has 0 fully saturated rings. The predicted octanol–water partition coefficient (Wildman–Crippen LogP) is 5.29. The van der Waals surface area contributed by atoms with Crippen molar-refractivity contribution in [2.45, 2.75) is 13.0 Å². The van der Waals surface area contributed by atoms with E-state index in [0.717, 1.165) is 11.1 Å². The highest BCUT2D eigenvalue weighted by molar-refractivity contribution is 6.77. The van der Waals surface area contributed by atoms with Crippen LogP contribution in [0, 0.1) is 0 Å². The van der Waals surface area contributed by atoms with Gasteiger partial charge in [-0.1, -0.05) is 72.3 Å². The van der Waals surface area contributed by atoms with Gasteiger partial charge in [0.15, 0.2) is 0 Å². The predicted molar refractivity (Wildman–Crippen MR) is 113 cm³/mol. The van der Waals surface area contributed by atoms with Gasteiger partial charge in [0.2, 0.25) is 0 Å². The van der Waals surface area contributed by atoms with Gasteiger partial charge in [-0.2, -0.15) is 0 Å². The quantitative estimate of drug-likeness (QED) is 0.523. The van der Waals surface area contributed by atoms with E-state index in [1.54, 1.807) is 37.6 Å². The summed E-state index contributed by atoms with van der Waals surface area (Å²) >= 11 is 12.9. The van der Waals surface area contributed by atoms with Gasteiger partial charge in [0.1, 0.15) is 5.17 Å². The van der Waals surface area contributed by atoms with Crippen LogP contribution in [0.25, 0.3) is 5.57 Å². The van der Waals surface area contributed by atoms with Crippen LogP contribution in [0.1, 0.15) is 12.5 Å². The highest BCUT2D eigenvalue weighted by atomic mass is 35.5. The number of benzene rings is 1. The van der Waals surface area contributed by atoms with E-state index in [-0.39, 0.29) is 0 Å². The summed E-state index contributed by atoms with van der Waals surface area (Å²) in [6.45, 7) is 5.85. The molecule has 0 spiro atoms. The Hall–Kier alpha value is -2.20. The number of nitrogens with zero attached hydrogens (tertiary/aromatic N) is 2. The fourth-order valence-electron chi connectivity index (χ4n) is 2.41. The average Bonchev–Trinajstić information content (AvgIpc) is 2.64. The maximum Gasteiger partial charge on any atom is 0.133 e. The van der Waals surface area contributed by atoms with E-state index < -0.39 is 6.10 Å². The van der Waals surface area contributed by atoms with Gasteiger partial charge in [-0.25, -0.2) is 0 Å². The van der Waals surface area contributed by atoms with E-state index in [1.807, 2.05) is 36.4 Å². The summed E-state index contributed by atoms with van der Waals surface area (Å²) in [5, 5.41) is 11.3. The Morgan fingerprint density at radius 3 is 2.69 bits per heavy atom. The summed E-state index contributed by atoms with van der Waals surface area (Å²) in [5.41, 5.74) is 2.99. The molecular formula is C21H20Cl2N2O. The van der Waals surface area contributed by atoms with Crippen LogP contribution in [0.3, 0.4) is 0 Å². The molecule has 134 valence electrons. The lowest BCUT2D eigenvalue weighted by Gasteiger charge is -2.18. The van der Waals surface area contributed by atoms with Gasteiger partial charge in [0, 0.05) is 18.0 Å². The third-order valence-corrected chi connectivity index (χ3v) is 4.39. The molecule has 3 nitrogen and oxygen atoms in total. The number of aliphatic hydroxyl groups excluding tert-OH is 1. The van der Waals surface area contributed by atoms with E-state index in [0.29, 0.717) is 27.9 Å². The Labute approximate surface area is 164 Å². The van der Waals surface area contributed by atoms with Crippen molar-refractivity contribution < 1.29 is 5.11 Å². The standard InChI is InChI=1S/C21H20Cl2N2O/c1-3-8-16(18(26)11-12-24-4-2)13-17-14-25-21(23)19(20(17)22)15-9-6-5-7-10-15/h3-13,18,26H,1,14H2,2H3/b12-11+,16-8+,17-13+,24-4?. The van der Waals surface area contributed by atoms with Crippen molar-refractivity contribution in [1.82, 2.24) is 0 Å². The minimum absolute atomic E-state index is 0.339. The first-order valence-corrected chi connectivity index (χ1v) is 8.85. The first kappa shape index (κ1) is 20.1. The van der Waals surface area contributed by atoms with Crippen LogP contribution >= 0.6 is 23.2 Å². The van der Waals surface area contributed by atoms with Crippen molar-refractivity contribution in [3.63, 3.8) is 0 Å². The maximum absolute atomic E-state index is 10.4. The molecule has 1 aliphatic rings. The molecular weight excluding hydrogens is 367 g/mol. The summed E-state index contributed by atoms with van der Waals surface area (Å²) in [5.74, 6) is 0. The molecule has 0 aliphatic carbocycles. The monoisotopic (exact) mass is 386 g/mol. The highest BCUT2D eigenvalue weighted by Gasteiger charge is 2.21. The number of aliphatic imine (C=N–C) groups is 2. The number of allylic oxidation sites excluding steroid dienone is 3. The molecule has 0 saturated heterocycles. The Kier molecular flexibility index (Phi) is 7.79. The Morgan fingerprint density at radius 1 is 1.31 bits per heavy atom. The SMILES string of the molecule is C=C/C=C(\C=C1/CN=C(Cl)C(c2ccccc2)=C1Cl)C(O)/C=C/N=CC. The number of rotatable bonds is 6. The van der Waals surface area contributed by atoms with Crippen molar-refractivity contribution in [2.24, 2.45) is 9.98 Å². The molecule has 1 aromatic carbocycles. The number of aliphatic hydroxyl groups is 1. The molecule has 26 heavy (non-hydrogen) atoms. The van der Waals surface area contributed by atoms with Gasteiger partial charge >= 0.3 is 0 Å². The zero-order valence-corrected chi connectivity index (χ0v) is 16.0. The number of hydrogen-bond acceptors (Lipinski definition) is 3. The van der Waals surface area contributed by atoms with Gasteiger partial charge in [-0.15, -0.1) is 0 Å². The van der Waals surface area contributed by atoms with Gasteiger partial charge in [-0.3, -0.25) is 9.98 Å². The van der Waals surface area contributed by atoms with Crippen LogP contribution in [0.15, 0.2) is 93.6 Å². The normalized spacial score (nSPS) is 18.7. The molecule has 1 aromatic rings. The molecule has 1 heterocycles. The first-order chi connectivity index (χ1) is 12.6. The zero-order valence-electron chi connectivity index (χ0n) is 14.4. The number of hydrogen-bond donors (Lipinski definition) is 1. The van der Waals surface area contributed by atoms with E-state index in [4.69, 9.17) is 23.2 Å². The first-order valence-electron chi connectivity index (χ1n) is 8.10. The molecule has 5 heteroatoms. The smallest absolute Gasteiger partial charge is 0.133 e. The van der Waals surface area contributed by atoms with Crippen molar-refractivity contribution in [3.05, 3.63) is 89.2 Å². The Morgan fingerprint density at radius 2 is 2.04 bits per heavy atom. The van der Waals surface area contributed by atoms with Crippen LogP contribution in [0.4, 0.5) is 0 Å². The third-order valence-electron chi connectivity index (χ3n) is 3.65. The lowest BCUT2D eigenvalue weighted by molar-refractivity contribution is 0.262. The van der Waals surface area contributed by atoms with Crippen molar-refractivity contribution in [2.75, 3.05) is 6.54 Å². The molecule has 1 aliphatic heterocycles. The molecule has 0 saturated carbocycles. The minimum atomic E-state index is -0.838. The van der Waals surface area contributed by atoms with Crippen LogP contribution < -0.4 is 0 Å². The van der Waals surface area contributed by atoms with Crippen LogP contribution in [-0.2, 0) is 0 Å². The van der Waals surface area contributed by atoms with Crippen molar-refractivity contribution in [1.29, 1.82) is 0 Å². The van der Waals surface area contributed by atoms with Crippen LogP contribution in [0.5, 0.6) is 0 Å². The molecule has 0 bridgehead atoms. The average molecular weight is 387 g/mol. The van der Waals surface area contributed by atoms with E-state index in [1.165, 1.54) is 0 Å². The molecule has 2 rings (SSSR count). The minimum Gasteiger partial charge on any atom is -0.384 e. The van der Waals surface area contributed by atoms with Gasteiger partial charge in [-0.05, 0) is 35.8 Å². The molecule has 0 amide bonds. The van der Waals surface area contributed by atoms with Gasteiger partial charge < -0.3 is 5.11 Å². The topological polar surface area (TPSA) is 45.0 Å². The molecule has 0 radical (unpaired) electrons. The fraction of sp³-hybridized carbons (Fsp3) is 0.143. The molecule has 1 atom stereocenters. The zero-order chi connectivity index (χ0) is 18.9. The Bertz CT molecular complexity index is 831. The highest BCUT2D eigenvalue weighted by Crippen LogP contribution is 2.34. The third kappa shape index (κ3) is 5.15. The van der Waals surface area contributed by atoms with E-state index >= 15 is 0 Å². The molecule has 1 N–H and O–H groups in total. The lowest BCUT2D eigenvalue weighted by atomic mass is 9.98. The number of dihydropyridines is 1. The maximum atomic E-state index is 10.4. The van der Waals surface area contributed by atoms with Gasteiger partial charge in [0.05, 0.1) is 17.7 Å². The summed E-state index contributed by atoms with van der Waals surface area (Å²) < 4.78 is 0. The largest absolute Gasteiger partial charge is 0.384 e. The summed E-state index contributed by atoms with van der Waals surface area (Å²) in [6, 6.07) is 9.62. The number of halogens is 2. The van der Waals surface area contributed by atoms with Crippen LogP contribution in [0.2, 0.25) is 0 Å². The summed E-state index contributed by atoms with van der Waals surface area (Å²) in [4.78, 5) is 8.33. The fourth-order valence-corrected chi connectivity index (χ4v) is 3.04. The second-order valence-electron chi connectivity index (χ2n) is 5.43. The van der Waals surface area contributed by atoms with Crippen molar-refractivity contribution in [3.8, 4) is 0 Å². The summed E-state index contributed by atoms with van der Waals surface area (Å²) in [7, 11) is 0. The molecule has 0 aromatic heterocycles. The van der Waals surface area contributed by atoms with Crippen molar-refractivity contribution >= 4 is 40.2 Å². The van der Waals surface area contributed by atoms with Crippen LogP contribution in [-0.4, -0.2) is 29.1 Å². The second-order valence-corrected chi connectivity index (χ2v) is 6.16. The van der Waals surface area contributed by atoms with Gasteiger partial charge in [0.25, 0.3) is 0 Å². The lowest BCUT2D eigenvalue weighted by Crippen LogP contribution is -2.10.